The summed E-state index contributed by atoms with van der Waals surface area (Å²) in [7, 11) is 0. The first-order chi connectivity index (χ1) is 11.7. The van der Waals surface area contributed by atoms with Crippen molar-refractivity contribution in [3.8, 4) is 11.5 Å². The van der Waals surface area contributed by atoms with Crippen molar-refractivity contribution in [1.82, 2.24) is 0 Å². The van der Waals surface area contributed by atoms with Crippen LogP contribution in [0.3, 0.4) is 0 Å². The van der Waals surface area contributed by atoms with Crippen LogP contribution in [0.25, 0.3) is 0 Å². The van der Waals surface area contributed by atoms with Crippen LogP contribution in [-0.4, -0.2) is 5.91 Å². The van der Waals surface area contributed by atoms with Crippen molar-refractivity contribution in [2.24, 2.45) is 0 Å². The van der Waals surface area contributed by atoms with Gasteiger partial charge in [-0.15, -0.1) is 0 Å². The van der Waals surface area contributed by atoms with Gasteiger partial charge in [-0.2, -0.15) is 0 Å². The molecule has 4 heteroatoms. The van der Waals surface area contributed by atoms with E-state index < -0.39 is 0 Å². The van der Waals surface area contributed by atoms with Gasteiger partial charge in [0.2, 0.25) is 5.91 Å². The predicted octanol–water partition coefficient (Wildman–Crippen LogP) is 5.31. The molecule has 120 valence electrons. The molecule has 3 aromatic carbocycles. The first-order valence-electron chi connectivity index (χ1n) is 7.57. The van der Waals surface area contributed by atoms with Gasteiger partial charge in [0.15, 0.2) is 5.75 Å². The van der Waals surface area contributed by atoms with Crippen LogP contribution in [0, 0.1) is 0 Å². The highest BCUT2D eigenvalue weighted by molar-refractivity contribution is 6.31. The van der Waals surface area contributed by atoms with E-state index in [0.29, 0.717) is 22.2 Å². The molecule has 3 rings (SSSR count). The van der Waals surface area contributed by atoms with Crippen molar-refractivity contribution in [3.05, 3.63) is 89.4 Å². The van der Waals surface area contributed by atoms with E-state index in [1.165, 1.54) is 0 Å². The molecule has 0 saturated heterocycles. The Kier molecular flexibility index (Phi) is 5.14. The maximum atomic E-state index is 12.3. The number of para-hydroxylation sites is 1. The standard InChI is InChI=1S/C20H16ClNO2/c21-16-11-12-19(24-17-9-5-2-6-10-17)18(14-16)22-20(23)13-15-7-3-1-4-8-15/h1-12,14H,13H2,(H,22,23). The molecule has 0 radical (unpaired) electrons. The number of halogens is 1. The number of amides is 1. The zero-order valence-electron chi connectivity index (χ0n) is 12.9. The predicted molar refractivity (Wildman–Crippen MR) is 96.7 cm³/mol. The highest BCUT2D eigenvalue weighted by Crippen LogP contribution is 2.32. The fourth-order valence-electron chi connectivity index (χ4n) is 2.28. The van der Waals surface area contributed by atoms with E-state index in [9.17, 15) is 4.79 Å². The summed E-state index contributed by atoms with van der Waals surface area (Å²) in [4.78, 5) is 12.3. The zero-order chi connectivity index (χ0) is 16.8. The maximum absolute atomic E-state index is 12.3. The van der Waals surface area contributed by atoms with Gasteiger partial charge in [0.1, 0.15) is 5.75 Å². The number of anilines is 1. The van der Waals surface area contributed by atoms with Crippen LogP contribution in [0.4, 0.5) is 5.69 Å². The summed E-state index contributed by atoms with van der Waals surface area (Å²) in [5.74, 6) is 1.12. The zero-order valence-corrected chi connectivity index (χ0v) is 13.7. The van der Waals surface area contributed by atoms with Gasteiger partial charge in [0, 0.05) is 5.02 Å². The third-order valence-electron chi connectivity index (χ3n) is 3.39. The molecule has 0 aliphatic heterocycles. The van der Waals surface area contributed by atoms with Gasteiger partial charge in [0.05, 0.1) is 12.1 Å². The fourth-order valence-corrected chi connectivity index (χ4v) is 2.45. The van der Waals surface area contributed by atoms with E-state index in [2.05, 4.69) is 5.32 Å². The molecule has 0 unspecified atom stereocenters. The van der Waals surface area contributed by atoms with E-state index >= 15 is 0 Å². The molecular weight excluding hydrogens is 322 g/mol. The smallest absolute Gasteiger partial charge is 0.228 e. The van der Waals surface area contributed by atoms with Gasteiger partial charge in [-0.25, -0.2) is 0 Å². The van der Waals surface area contributed by atoms with Crippen molar-refractivity contribution >= 4 is 23.2 Å². The van der Waals surface area contributed by atoms with Gasteiger partial charge in [-0.3, -0.25) is 4.79 Å². The van der Waals surface area contributed by atoms with Crippen molar-refractivity contribution in [3.63, 3.8) is 0 Å². The van der Waals surface area contributed by atoms with E-state index in [1.807, 2.05) is 60.7 Å². The van der Waals surface area contributed by atoms with E-state index in [1.54, 1.807) is 18.2 Å². The van der Waals surface area contributed by atoms with Crippen LogP contribution >= 0.6 is 11.6 Å². The Labute approximate surface area is 145 Å². The second-order valence-corrected chi connectivity index (χ2v) is 5.70. The second kappa shape index (κ2) is 7.66. The number of carbonyl (C=O) groups excluding carboxylic acids is 1. The summed E-state index contributed by atoms with van der Waals surface area (Å²) < 4.78 is 5.84. The number of carbonyl (C=O) groups is 1. The van der Waals surface area contributed by atoms with Gasteiger partial charge in [-0.05, 0) is 35.9 Å². The van der Waals surface area contributed by atoms with Crippen molar-refractivity contribution in [2.75, 3.05) is 5.32 Å². The summed E-state index contributed by atoms with van der Waals surface area (Å²) >= 11 is 6.06. The van der Waals surface area contributed by atoms with Crippen molar-refractivity contribution in [2.45, 2.75) is 6.42 Å². The molecule has 0 bridgehead atoms. The minimum atomic E-state index is -0.124. The Morgan fingerprint density at radius 3 is 2.29 bits per heavy atom. The lowest BCUT2D eigenvalue weighted by atomic mass is 10.1. The Hall–Kier alpha value is -2.78. The largest absolute Gasteiger partial charge is 0.455 e. The molecule has 1 N–H and O–H groups in total. The monoisotopic (exact) mass is 337 g/mol. The minimum absolute atomic E-state index is 0.124. The van der Waals surface area contributed by atoms with Crippen LogP contribution in [-0.2, 0) is 11.2 Å². The van der Waals surface area contributed by atoms with Gasteiger partial charge in [-0.1, -0.05) is 60.1 Å². The topological polar surface area (TPSA) is 38.3 Å². The molecule has 3 aromatic rings. The van der Waals surface area contributed by atoms with Crippen LogP contribution in [0.1, 0.15) is 5.56 Å². The summed E-state index contributed by atoms with van der Waals surface area (Å²) in [5.41, 5.74) is 1.50. The van der Waals surface area contributed by atoms with Gasteiger partial charge < -0.3 is 10.1 Å². The average Bonchev–Trinajstić information content (AvgIpc) is 2.59. The van der Waals surface area contributed by atoms with E-state index in [0.717, 1.165) is 5.56 Å². The molecule has 0 spiro atoms. The Morgan fingerprint density at radius 2 is 1.58 bits per heavy atom. The summed E-state index contributed by atoms with van der Waals surface area (Å²) in [5, 5.41) is 3.40. The molecule has 24 heavy (non-hydrogen) atoms. The quantitative estimate of drug-likeness (QED) is 0.684. The third-order valence-corrected chi connectivity index (χ3v) is 3.63. The summed E-state index contributed by atoms with van der Waals surface area (Å²) in [6, 6.07) is 24.1. The van der Waals surface area contributed by atoms with Crippen LogP contribution in [0.15, 0.2) is 78.9 Å². The van der Waals surface area contributed by atoms with E-state index in [-0.39, 0.29) is 12.3 Å². The lowest BCUT2D eigenvalue weighted by Gasteiger charge is -2.13. The number of ether oxygens (including phenoxy) is 1. The molecule has 0 aromatic heterocycles. The highest BCUT2D eigenvalue weighted by atomic mass is 35.5. The molecule has 0 saturated carbocycles. The third kappa shape index (κ3) is 4.37. The lowest BCUT2D eigenvalue weighted by molar-refractivity contribution is -0.115. The summed E-state index contributed by atoms with van der Waals surface area (Å²) in [6.45, 7) is 0. The molecule has 1 amide bonds. The molecule has 0 heterocycles. The number of rotatable bonds is 5. The Morgan fingerprint density at radius 1 is 0.917 bits per heavy atom. The number of hydrogen-bond donors (Lipinski definition) is 1. The second-order valence-electron chi connectivity index (χ2n) is 5.27. The molecule has 0 atom stereocenters. The lowest BCUT2D eigenvalue weighted by Crippen LogP contribution is -2.14. The van der Waals surface area contributed by atoms with Crippen LogP contribution < -0.4 is 10.1 Å². The first kappa shape index (κ1) is 16.1. The van der Waals surface area contributed by atoms with Gasteiger partial charge >= 0.3 is 0 Å². The SMILES string of the molecule is O=C(Cc1ccccc1)Nc1cc(Cl)ccc1Oc1ccccc1. The Balaban J connectivity index is 1.76. The average molecular weight is 338 g/mol. The minimum Gasteiger partial charge on any atom is -0.455 e. The molecule has 0 fully saturated rings. The number of benzene rings is 3. The van der Waals surface area contributed by atoms with E-state index in [4.69, 9.17) is 16.3 Å². The fraction of sp³-hybridized carbons (Fsp3) is 0.0500. The molecule has 0 aliphatic carbocycles. The molecule has 0 aliphatic rings. The molecular formula is C20H16ClNO2. The Bertz CT molecular complexity index is 820. The summed E-state index contributed by atoms with van der Waals surface area (Å²) in [6.07, 6.45) is 0.290. The van der Waals surface area contributed by atoms with Crippen molar-refractivity contribution in [1.29, 1.82) is 0 Å². The maximum Gasteiger partial charge on any atom is 0.228 e. The highest BCUT2D eigenvalue weighted by Gasteiger charge is 2.10. The normalized spacial score (nSPS) is 10.2. The van der Waals surface area contributed by atoms with Crippen molar-refractivity contribution < 1.29 is 9.53 Å². The number of hydrogen-bond acceptors (Lipinski definition) is 2. The molecule has 3 nitrogen and oxygen atoms in total. The van der Waals surface area contributed by atoms with Crippen LogP contribution in [0.2, 0.25) is 5.02 Å². The van der Waals surface area contributed by atoms with Crippen LogP contribution in [0.5, 0.6) is 11.5 Å². The van der Waals surface area contributed by atoms with Gasteiger partial charge in [0.25, 0.3) is 0 Å². The number of nitrogens with one attached hydrogen (secondary N) is 1. The first-order valence-corrected chi connectivity index (χ1v) is 7.95.